The first-order chi connectivity index (χ1) is 25.4. The Kier molecular flexibility index (Phi) is 49.7. The summed E-state index contributed by atoms with van der Waals surface area (Å²) in [6, 6.07) is 0. The Hall–Kier alpha value is -0.160. The number of unbranched alkanes of at least 4 members (excludes halogenated alkanes) is 35. The van der Waals surface area contributed by atoms with Crippen molar-refractivity contribution in [1.82, 2.24) is 21.3 Å². The van der Waals surface area contributed by atoms with Gasteiger partial charge in [-0.2, -0.15) is 0 Å². The number of rotatable bonds is 48. The summed E-state index contributed by atoms with van der Waals surface area (Å²) in [6.45, 7) is 13.5. The molecule has 0 saturated carbocycles. The van der Waals surface area contributed by atoms with E-state index in [2.05, 4.69) is 35.1 Å². The first-order valence-electron chi connectivity index (χ1n) is 24.2. The molecule has 51 heavy (non-hydrogen) atoms. The van der Waals surface area contributed by atoms with Crippen LogP contribution in [0.3, 0.4) is 0 Å². The van der Waals surface area contributed by atoms with Gasteiger partial charge in [0.1, 0.15) is 0 Å². The van der Waals surface area contributed by atoms with Crippen molar-refractivity contribution in [3.05, 3.63) is 0 Å². The molecule has 4 nitrogen and oxygen atoms in total. The van der Waals surface area contributed by atoms with Crippen LogP contribution >= 0.6 is 0 Å². The van der Waals surface area contributed by atoms with Crippen LogP contribution in [-0.2, 0) is 0 Å². The molecular weight excluding hydrogens is 621 g/mol. The van der Waals surface area contributed by atoms with Crippen LogP contribution in [0.15, 0.2) is 0 Å². The van der Waals surface area contributed by atoms with E-state index >= 15 is 0 Å². The van der Waals surface area contributed by atoms with Crippen molar-refractivity contribution in [1.29, 1.82) is 0 Å². The van der Waals surface area contributed by atoms with Gasteiger partial charge >= 0.3 is 0 Å². The summed E-state index contributed by atoms with van der Waals surface area (Å²) in [5, 5.41) is 14.3. The van der Waals surface area contributed by atoms with Gasteiger partial charge in [-0.15, -0.1) is 0 Å². The maximum Gasteiger partial charge on any atom is 0.00772 e. The van der Waals surface area contributed by atoms with Crippen LogP contribution in [0.1, 0.15) is 251 Å². The van der Waals surface area contributed by atoms with Crippen molar-refractivity contribution >= 4 is 0 Å². The topological polar surface area (TPSA) is 48.1 Å². The maximum absolute atomic E-state index is 3.62. The smallest absolute Gasteiger partial charge is 0.00772 e. The van der Waals surface area contributed by atoms with Crippen molar-refractivity contribution in [2.45, 2.75) is 251 Å². The van der Waals surface area contributed by atoms with E-state index in [-0.39, 0.29) is 0 Å². The highest BCUT2D eigenvalue weighted by molar-refractivity contribution is 4.58. The Bertz CT molecular complexity index is 522. The fourth-order valence-electron chi connectivity index (χ4n) is 7.51. The summed E-state index contributed by atoms with van der Waals surface area (Å²) in [6.07, 6.45) is 53.7. The molecule has 0 rings (SSSR count). The zero-order valence-corrected chi connectivity index (χ0v) is 35.8. The lowest BCUT2D eigenvalue weighted by Crippen LogP contribution is -2.35. The molecule has 0 fully saturated rings. The molecule has 0 spiro atoms. The van der Waals surface area contributed by atoms with Gasteiger partial charge in [0.05, 0.1) is 0 Å². The van der Waals surface area contributed by atoms with Gasteiger partial charge in [-0.25, -0.2) is 0 Å². The first-order valence-corrected chi connectivity index (χ1v) is 24.2. The second-order valence-electron chi connectivity index (χ2n) is 16.4. The normalized spacial score (nSPS) is 11.6. The Morgan fingerprint density at radius 2 is 0.294 bits per heavy atom. The van der Waals surface area contributed by atoms with Gasteiger partial charge in [0, 0.05) is 39.3 Å². The van der Waals surface area contributed by atoms with E-state index in [0.29, 0.717) is 0 Å². The third-order valence-electron chi connectivity index (χ3n) is 11.1. The lowest BCUT2D eigenvalue weighted by molar-refractivity contribution is 0.514. The largest absolute Gasteiger partial charge is 0.315 e. The van der Waals surface area contributed by atoms with Gasteiger partial charge in [0.2, 0.25) is 0 Å². The minimum atomic E-state index is 1.07. The Balaban J connectivity index is 3.04. The van der Waals surface area contributed by atoms with Gasteiger partial charge in [-0.1, -0.05) is 239 Å². The van der Waals surface area contributed by atoms with E-state index in [1.165, 1.54) is 251 Å². The summed E-state index contributed by atoms with van der Waals surface area (Å²) in [5.41, 5.74) is 0. The molecule has 0 aromatic carbocycles. The zero-order valence-electron chi connectivity index (χ0n) is 35.8. The zero-order chi connectivity index (χ0) is 36.6. The van der Waals surface area contributed by atoms with Crippen LogP contribution in [0.4, 0.5) is 0 Å². The SMILES string of the molecule is CCCCCCCCCCCCCCCCCCCCCCCCCCCNCCNCCNCCNCCCCCCCCCCCCCC. The third kappa shape index (κ3) is 49.8. The van der Waals surface area contributed by atoms with Crippen LogP contribution in [0.2, 0.25) is 0 Å². The molecule has 0 aromatic rings. The molecule has 0 aliphatic heterocycles. The quantitative estimate of drug-likeness (QED) is 0.0473. The summed E-state index contributed by atoms with van der Waals surface area (Å²) in [5.74, 6) is 0. The van der Waals surface area contributed by atoms with Crippen molar-refractivity contribution in [3.8, 4) is 0 Å². The molecule has 308 valence electrons. The predicted octanol–water partition coefficient (Wildman–Crippen LogP) is 13.8. The fourth-order valence-corrected chi connectivity index (χ4v) is 7.51. The highest BCUT2D eigenvalue weighted by Gasteiger charge is 1.98. The van der Waals surface area contributed by atoms with Crippen molar-refractivity contribution < 1.29 is 0 Å². The minimum absolute atomic E-state index is 1.07. The summed E-state index contributed by atoms with van der Waals surface area (Å²) in [7, 11) is 0. The van der Waals surface area contributed by atoms with E-state index in [4.69, 9.17) is 0 Å². The Labute approximate surface area is 324 Å². The molecule has 0 aromatic heterocycles. The van der Waals surface area contributed by atoms with Gasteiger partial charge in [0.15, 0.2) is 0 Å². The van der Waals surface area contributed by atoms with Crippen LogP contribution in [0.25, 0.3) is 0 Å². The van der Waals surface area contributed by atoms with E-state index in [0.717, 1.165) is 39.3 Å². The van der Waals surface area contributed by atoms with Crippen LogP contribution in [0.5, 0.6) is 0 Å². The van der Waals surface area contributed by atoms with Gasteiger partial charge in [-0.3, -0.25) is 0 Å². The summed E-state index contributed by atoms with van der Waals surface area (Å²) in [4.78, 5) is 0. The lowest BCUT2D eigenvalue weighted by Gasteiger charge is -2.09. The van der Waals surface area contributed by atoms with Crippen LogP contribution < -0.4 is 21.3 Å². The highest BCUT2D eigenvalue weighted by Crippen LogP contribution is 2.16. The standard InChI is InChI=1S/C47H100N4/c1-3-5-7-9-11-13-15-17-18-19-20-21-22-23-24-25-26-27-28-29-31-33-35-37-39-41-49-43-45-51-47-46-50-44-42-48-40-38-36-34-32-30-16-14-12-10-8-6-4-2/h48-51H,3-47H2,1-2H3. The molecule has 0 unspecified atom stereocenters. The van der Waals surface area contributed by atoms with Crippen LogP contribution in [0, 0.1) is 0 Å². The number of nitrogens with one attached hydrogen (secondary N) is 4. The van der Waals surface area contributed by atoms with Crippen molar-refractivity contribution in [3.63, 3.8) is 0 Å². The fraction of sp³-hybridized carbons (Fsp3) is 1.00. The van der Waals surface area contributed by atoms with Crippen LogP contribution in [-0.4, -0.2) is 52.4 Å². The molecule has 0 bridgehead atoms. The molecule has 0 saturated heterocycles. The molecule has 0 amide bonds. The predicted molar refractivity (Wildman–Crippen MR) is 234 cm³/mol. The average Bonchev–Trinajstić information content (AvgIpc) is 3.14. The summed E-state index contributed by atoms with van der Waals surface area (Å²) >= 11 is 0. The number of hydrogen-bond donors (Lipinski definition) is 4. The molecule has 0 aliphatic rings. The van der Waals surface area contributed by atoms with E-state index < -0.39 is 0 Å². The first kappa shape index (κ1) is 50.8. The summed E-state index contributed by atoms with van der Waals surface area (Å²) < 4.78 is 0. The van der Waals surface area contributed by atoms with Crippen molar-refractivity contribution in [2.75, 3.05) is 52.4 Å². The highest BCUT2D eigenvalue weighted by atomic mass is 15.0. The van der Waals surface area contributed by atoms with E-state index in [1.807, 2.05) is 0 Å². The third-order valence-corrected chi connectivity index (χ3v) is 11.1. The Morgan fingerprint density at radius 3 is 0.471 bits per heavy atom. The maximum atomic E-state index is 3.62. The lowest BCUT2D eigenvalue weighted by atomic mass is 10.0. The molecule has 4 heteroatoms. The monoisotopic (exact) mass is 721 g/mol. The number of hydrogen-bond acceptors (Lipinski definition) is 4. The van der Waals surface area contributed by atoms with E-state index in [9.17, 15) is 0 Å². The molecule has 0 radical (unpaired) electrons. The molecule has 4 N–H and O–H groups in total. The molecule has 0 heterocycles. The van der Waals surface area contributed by atoms with Gasteiger partial charge in [-0.05, 0) is 25.9 Å². The minimum Gasteiger partial charge on any atom is -0.315 e. The Morgan fingerprint density at radius 1 is 0.157 bits per heavy atom. The average molecular weight is 721 g/mol. The van der Waals surface area contributed by atoms with Gasteiger partial charge < -0.3 is 21.3 Å². The van der Waals surface area contributed by atoms with Gasteiger partial charge in [0.25, 0.3) is 0 Å². The molecular formula is C47H100N4. The van der Waals surface area contributed by atoms with Crippen molar-refractivity contribution in [2.24, 2.45) is 0 Å². The molecule has 0 atom stereocenters. The van der Waals surface area contributed by atoms with E-state index in [1.54, 1.807) is 0 Å². The second-order valence-corrected chi connectivity index (χ2v) is 16.4. The second kappa shape index (κ2) is 49.8. The molecule has 0 aliphatic carbocycles.